The molecule has 1 aliphatic rings. The SMILES string of the molecule is CCN1C(=O)[C@@H](N)[C@H]1c1ccc(OC)cc1. The number of hydrogen-bond donors (Lipinski definition) is 1. The molecule has 0 saturated carbocycles. The van der Waals surface area contributed by atoms with E-state index in [1.807, 2.05) is 31.2 Å². The zero-order valence-corrected chi connectivity index (χ0v) is 9.51. The Morgan fingerprint density at radius 3 is 2.50 bits per heavy atom. The van der Waals surface area contributed by atoms with Crippen molar-refractivity contribution in [1.82, 2.24) is 4.90 Å². The molecule has 1 aromatic rings. The third-order valence-electron chi connectivity index (χ3n) is 3.04. The minimum Gasteiger partial charge on any atom is -0.497 e. The van der Waals surface area contributed by atoms with Gasteiger partial charge in [-0.05, 0) is 24.6 Å². The predicted octanol–water partition coefficient (Wildman–Crippen LogP) is 0.926. The normalized spacial score (nSPS) is 24.2. The second-order valence-electron chi connectivity index (χ2n) is 3.87. The van der Waals surface area contributed by atoms with Crippen LogP contribution in [0.3, 0.4) is 0 Å². The number of likely N-dealkylation sites (tertiary alicyclic amines) is 1. The number of likely N-dealkylation sites (N-methyl/N-ethyl adjacent to an activating group) is 1. The molecule has 4 heteroatoms. The Morgan fingerprint density at radius 2 is 2.00 bits per heavy atom. The van der Waals surface area contributed by atoms with Gasteiger partial charge in [-0.25, -0.2) is 0 Å². The lowest BCUT2D eigenvalue weighted by molar-refractivity contribution is -0.149. The fourth-order valence-corrected chi connectivity index (χ4v) is 2.12. The van der Waals surface area contributed by atoms with E-state index < -0.39 is 6.04 Å². The molecule has 0 bridgehead atoms. The molecule has 1 aromatic carbocycles. The Labute approximate surface area is 95.0 Å². The van der Waals surface area contributed by atoms with E-state index in [9.17, 15) is 4.79 Å². The highest BCUT2D eigenvalue weighted by molar-refractivity contribution is 5.89. The Balaban J connectivity index is 2.20. The highest BCUT2D eigenvalue weighted by Crippen LogP contribution is 2.33. The number of rotatable bonds is 3. The van der Waals surface area contributed by atoms with Crippen molar-refractivity contribution >= 4 is 5.91 Å². The van der Waals surface area contributed by atoms with Crippen LogP contribution in [0.2, 0.25) is 0 Å². The van der Waals surface area contributed by atoms with E-state index in [0.717, 1.165) is 11.3 Å². The van der Waals surface area contributed by atoms with Crippen molar-refractivity contribution in [2.45, 2.75) is 19.0 Å². The van der Waals surface area contributed by atoms with Crippen molar-refractivity contribution in [3.8, 4) is 5.75 Å². The maximum Gasteiger partial charge on any atom is 0.242 e. The van der Waals surface area contributed by atoms with Gasteiger partial charge in [0, 0.05) is 6.54 Å². The molecule has 4 nitrogen and oxygen atoms in total. The van der Waals surface area contributed by atoms with Crippen molar-refractivity contribution in [2.75, 3.05) is 13.7 Å². The second kappa shape index (κ2) is 4.14. The van der Waals surface area contributed by atoms with Gasteiger partial charge in [0.15, 0.2) is 0 Å². The number of nitrogens with zero attached hydrogens (tertiary/aromatic N) is 1. The third-order valence-corrected chi connectivity index (χ3v) is 3.04. The van der Waals surface area contributed by atoms with E-state index in [1.165, 1.54) is 0 Å². The summed E-state index contributed by atoms with van der Waals surface area (Å²) < 4.78 is 5.09. The van der Waals surface area contributed by atoms with E-state index in [4.69, 9.17) is 10.5 Å². The van der Waals surface area contributed by atoms with Crippen LogP contribution in [0.5, 0.6) is 5.75 Å². The van der Waals surface area contributed by atoms with Crippen molar-refractivity contribution in [1.29, 1.82) is 0 Å². The molecule has 2 atom stereocenters. The molecule has 0 spiro atoms. The van der Waals surface area contributed by atoms with E-state index in [1.54, 1.807) is 12.0 Å². The molecule has 0 aromatic heterocycles. The van der Waals surface area contributed by atoms with Gasteiger partial charge in [0.05, 0.1) is 13.2 Å². The van der Waals surface area contributed by atoms with Crippen LogP contribution in [0.15, 0.2) is 24.3 Å². The van der Waals surface area contributed by atoms with Crippen LogP contribution in [0.4, 0.5) is 0 Å². The maximum absolute atomic E-state index is 11.5. The van der Waals surface area contributed by atoms with Gasteiger partial charge in [-0.1, -0.05) is 12.1 Å². The first kappa shape index (κ1) is 11.0. The topological polar surface area (TPSA) is 55.6 Å². The maximum atomic E-state index is 11.5. The molecule has 0 aliphatic carbocycles. The van der Waals surface area contributed by atoms with Crippen molar-refractivity contribution < 1.29 is 9.53 Å². The number of carbonyl (C=O) groups is 1. The molecule has 86 valence electrons. The summed E-state index contributed by atoms with van der Waals surface area (Å²) in [5.41, 5.74) is 6.88. The molecule has 1 aliphatic heterocycles. The van der Waals surface area contributed by atoms with Gasteiger partial charge in [-0.3, -0.25) is 4.79 Å². The Bertz CT molecular complexity index is 389. The number of methoxy groups -OCH3 is 1. The van der Waals surface area contributed by atoms with Crippen LogP contribution >= 0.6 is 0 Å². The first-order valence-electron chi connectivity index (χ1n) is 5.39. The van der Waals surface area contributed by atoms with Crippen molar-refractivity contribution in [2.24, 2.45) is 5.73 Å². The summed E-state index contributed by atoms with van der Waals surface area (Å²) >= 11 is 0. The summed E-state index contributed by atoms with van der Waals surface area (Å²) in [6, 6.07) is 7.31. The monoisotopic (exact) mass is 220 g/mol. The highest BCUT2D eigenvalue weighted by atomic mass is 16.5. The van der Waals surface area contributed by atoms with Gasteiger partial charge in [0.1, 0.15) is 11.8 Å². The zero-order valence-electron chi connectivity index (χ0n) is 9.51. The van der Waals surface area contributed by atoms with Gasteiger partial charge in [0.2, 0.25) is 5.91 Å². The van der Waals surface area contributed by atoms with Crippen LogP contribution in [-0.2, 0) is 4.79 Å². The number of carbonyl (C=O) groups excluding carboxylic acids is 1. The first-order chi connectivity index (χ1) is 7.69. The molecular weight excluding hydrogens is 204 g/mol. The fourth-order valence-electron chi connectivity index (χ4n) is 2.12. The summed E-state index contributed by atoms with van der Waals surface area (Å²) in [5, 5.41) is 0. The molecule has 2 rings (SSSR count). The fraction of sp³-hybridized carbons (Fsp3) is 0.417. The van der Waals surface area contributed by atoms with E-state index >= 15 is 0 Å². The van der Waals surface area contributed by atoms with Gasteiger partial charge in [0.25, 0.3) is 0 Å². The second-order valence-corrected chi connectivity index (χ2v) is 3.87. The molecule has 1 amide bonds. The lowest BCUT2D eigenvalue weighted by Crippen LogP contribution is -2.62. The number of ether oxygens (including phenoxy) is 1. The van der Waals surface area contributed by atoms with Gasteiger partial charge < -0.3 is 15.4 Å². The minimum absolute atomic E-state index is 0.0170. The molecule has 1 saturated heterocycles. The number of nitrogens with two attached hydrogens (primary N) is 1. The summed E-state index contributed by atoms with van der Waals surface area (Å²) in [4.78, 5) is 13.3. The molecule has 2 N–H and O–H groups in total. The van der Waals surface area contributed by atoms with Crippen molar-refractivity contribution in [3.63, 3.8) is 0 Å². The largest absolute Gasteiger partial charge is 0.497 e. The van der Waals surface area contributed by atoms with Crippen molar-refractivity contribution in [3.05, 3.63) is 29.8 Å². The average Bonchev–Trinajstić information content (AvgIpc) is 2.34. The molecular formula is C12H16N2O2. The lowest BCUT2D eigenvalue weighted by Gasteiger charge is -2.45. The van der Waals surface area contributed by atoms with Crippen LogP contribution in [-0.4, -0.2) is 30.5 Å². The zero-order chi connectivity index (χ0) is 11.7. The summed E-state index contributed by atoms with van der Waals surface area (Å²) in [7, 11) is 1.63. The van der Waals surface area contributed by atoms with Crippen LogP contribution in [0.25, 0.3) is 0 Å². The number of β-lactam (4-membered cyclic amide) rings is 1. The van der Waals surface area contributed by atoms with Crippen LogP contribution < -0.4 is 10.5 Å². The van der Waals surface area contributed by atoms with E-state index in [0.29, 0.717) is 6.54 Å². The summed E-state index contributed by atoms with van der Waals surface area (Å²) in [6.45, 7) is 2.66. The standard InChI is InChI=1S/C12H16N2O2/c1-3-14-11(10(13)12(14)15)8-4-6-9(16-2)7-5-8/h4-7,10-11H,3,13H2,1-2H3/t10-,11+/m0/s1. The highest BCUT2D eigenvalue weighted by Gasteiger charge is 2.44. The van der Waals surface area contributed by atoms with Gasteiger partial charge in [-0.2, -0.15) is 0 Å². The number of amides is 1. The van der Waals surface area contributed by atoms with Crippen LogP contribution in [0.1, 0.15) is 18.5 Å². The Hall–Kier alpha value is -1.55. The molecule has 1 heterocycles. The molecule has 0 unspecified atom stereocenters. The smallest absolute Gasteiger partial charge is 0.242 e. The number of benzene rings is 1. The number of hydrogen-bond acceptors (Lipinski definition) is 3. The van der Waals surface area contributed by atoms with Gasteiger partial charge >= 0.3 is 0 Å². The predicted molar refractivity (Wildman–Crippen MR) is 61.1 cm³/mol. The average molecular weight is 220 g/mol. The molecule has 1 fully saturated rings. The Morgan fingerprint density at radius 1 is 1.38 bits per heavy atom. The van der Waals surface area contributed by atoms with Gasteiger partial charge in [-0.15, -0.1) is 0 Å². The molecule has 16 heavy (non-hydrogen) atoms. The quantitative estimate of drug-likeness (QED) is 0.771. The van der Waals surface area contributed by atoms with Crippen LogP contribution in [0, 0.1) is 0 Å². The van der Waals surface area contributed by atoms with E-state index in [2.05, 4.69) is 0 Å². The minimum atomic E-state index is -0.395. The summed E-state index contributed by atoms with van der Waals surface area (Å²) in [5.74, 6) is 0.842. The Kier molecular flexibility index (Phi) is 2.83. The summed E-state index contributed by atoms with van der Waals surface area (Å²) in [6.07, 6.45) is 0. The first-order valence-corrected chi connectivity index (χ1v) is 5.39. The molecule has 0 radical (unpaired) electrons. The van der Waals surface area contributed by atoms with E-state index in [-0.39, 0.29) is 11.9 Å². The lowest BCUT2D eigenvalue weighted by atomic mass is 9.89. The third kappa shape index (κ3) is 1.55.